The third-order valence-electron chi connectivity index (χ3n) is 2.44. The van der Waals surface area contributed by atoms with Crippen LogP contribution in [0.15, 0.2) is 0 Å². The largest absolute Gasteiger partial charge is 0.377 e. The molecule has 6 nitrogen and oxygen atoms in total. The molecule has 0 amide bonds. The Balaban J connectivity index is 3.08. The van der Waals surface area contributed by atoms with Gasteiger partial charge in [-0.05, 0) is 41.5 Å². The maximum atomic E-state index is 5.53. The first-order chi connectivity index (χ1) is 10.7. The van der Waals surface area contributed by atoms with Crippen molar-refractivity contribution in [3.05, 3.63) is 0 Å². The Morgan fingerprint density at radius 1 is 0.435 bits per heavy atom. The van der Waals surface area contributed by atoms with Crippen molar-refractivity contribution in [2.75, 3.05) is 59.6 Å². The summed E-state index contributed by atoms with van der Waals surface area (Å²) in [5.74, 6) is 0. The van der Waals surface area contributed by atoms with Gasteiger partial charge in [0, 0.05) is 0 Å². The molecule has 0 aliphatic rings. The monoisotopic (exact) mass is 336 g/mol. The first-order valence-electron chi connectivity index (χ1n) is 8.29. The molecule has 0 fully saturated rings. The molecule has 0 aliphatic heterocycles. The molecule has 0 aromatic carbocycles. The summed E-state index contributed by atoms with van der Waals surface area (Å²) in [4.78, 5) is 0. The third kappa shape index (κ3) is 21.8. The Bertz CT molecular complexity index is 231. The van der Waals surface area contributed by atoms with Gasteiger partial charge >= 0.3 is 0 Å². The highest BCUT2D eigenvalue weighted by Gasteiger charge is 2.09. The number of rotatable bonds is 14. The van der Waals surface area contributed by atoms with Crippen molar-refractivity contribution < 1.29 is 28.4 Å². The summed E-state index contributed by atoms with van der Waals surface area (Å²) < 4.78 is 32.4. The molecule has 0 aromatic heterocycles. The van der Waals surface area contributed by atoms with Gasteiger partial charge in [-0.15, -0.1) is 0 Å². The van der Waals surface area contributed by atoms with Gasteiger partial charge < -0.3 is 28.4 Å². The van der Waals surface area contributed by atoms with Gasteiger partial charge in [0.15, 0.2) is 0 Å². The van der Waals surface area contributed by atoms with Gasteiger partial charge in [0.25, 0.3) is 0 Å². The summed E-state index contributed by atoms with van der Waals surface area (Å²) in [5, 5.41) is 0. The SMILES string of the molecule is CC(C)(C)OCCOCCOCOCCOCCOC(C)(C)C. The van der Waals surface area contributed by atoms with Crippen LogP contribution in [0.3, 0.4) is 0 Å². The highest BCUT2D eigenvalue weighted by Crippen LogP contribution is 2.06. The van der Waals surface area contributed by atoms with Crippen molar-refractivity contribution in [3.8, 4) is 0 Å². The van der Waals surface area contributed by atoms with Gasteiger partial charge in [0.1, 0.15) is 6.79 Å². The number of ether oxygens (including phenoxy) is 6. The summed E-state index contributed by atoms with van der Waals surface area (Å²) in [5.41, 5.74) is -0.233. The third-order valence-corrected chi connectivity index (χ3v) is 2.44. The van der Waals surface area contributed by atoms with Crippen molar-refractivity contribution in [2.24, 2.45) is 0 Å². The maximum Gasteiger partial charge on any atom is 0.146 e. The van der Waals surface area contributed by atoms with Crippen LogP contribution in [-0.2, 0) is 28.4 Å². The lowest BCUT2D eigenvalue weighted by atomic mass is 10.2. The highest BCUT2D eigenvalue weighted by atomic mass is 16.7. The van der Waals surface area contributed by atoms with E-state index in [1.165, 1.54) is 0 Å². The van der Waals surface area contributed by atoms with Gasteiger partial charge in [-0.25, -0.2) is 0 Å². The zero-order chi connectivity index (χ0) is 17.6. The Labute approximate surface area is 141 Å². The van der Waals surface area contributed by atoms with Gasteiger partial charge in [-0.3, -0.25) is 0 Å². The van der Waals surface area contributed by atoms with E-state index in [0.29, 0.717) is 52.9 Å². The Morgan fingerprint density at radius 2 is 0.739 bits per heavy atom. The van der Waals surface area contributed by atoms with Gasteiger partial charge in [0.05, 0.1) is 64.1 Å². The second-order valence-electron chi connectivity index (χ2n) is 7.08. The Hall–Kier alpha value is -0.240. The topological polar surface area (TPSA) is 55.4 Å². The fraction of sp³-hybridized carbons (Fsp3) is 1.00. The molecule has 0 saturated carbocycles. The molecule has 0 radical (unpaired) electrons. The smallest absolute Gasteiger partial charge is 0.146 e. The van der Waals surface area contributed by atoms with Crippen LogP contribution in [0.2, 0.25) is 0 Å². The summed E-state index contributed by atoms with van der Waals surface area (Å²) in [6.45, 7) is 16.8. The van der Waals surface area contributed by atoms with E-state index in [1.54, 1.807) is 0 Å². The molecule has 0 aliphatic carbocycles. The normalized spacial score (nSPS) is 12.8. The molecule has 0 N–H and O–H groups in total. The van der Waals surface area contributed by atoms with Gasteiger partial charge in [0.2, 0.25) is 0 Å². The average molecular weight is 336 g/mol. The molecule has 0 heterocycles. The summed E-state index contributed by atoms with van der Waals surface area (Å²) in [6, 6.07) is 0. The minimum atomic E-state index is -0.116. The molecular weight excluding hydrogens is 300 g/mol. The van der Waals surface area contributed by atoms with Gasteiger partial charge in [-0.2, -0.15) is 0 Å². The lowest BCUT2D eigenvalue weighted by Gasteiger charge is -2.19. The molecule has 140 valence electrons. The van der Waals surface area contributed by atoms with Crippen LogP contribution in [0.5, 0.6) is 0 Å². The second kappa shape index (κ2) is 13.1. The van der Waals surface area contributed by atoms with E-state index in [9.17, 15) is 0 Å². The fourth-order valence-electron chi connectivity index (χ4n) is 1.43. The van der Waals surface area contributed by atoms with Crippen molar-refractivity contribution in [2.45, 2.75) is 52.7 Å². The molecule has 0 rings (SSSR count). The van der Waals surface area contributed by atoms with Crippen LogP contribution in [0.4, 0.5) is 0 Å². The molecule has 0 atom stereocenters. The lowest BCUT2D eigenvalue weighted by molar-refractivity contribution is -0.0923. The van der Waals surface area contributed by atoms with Crippen LogP contribution in [0, 0.1) is 0 Å². The zero-order valence-electron chi connectivity index (χ0n) is 15.8. The van der Waals surface area contributed by atoms with Crippen LogP contribution in [0.25, 0.3) is 0 Å². The average Bonchev–Trinajstić information content (AvgIpc) is 2.40. The second-order valence-corrected chi connectivity index (χ2v) is 7.08. The van der Waals surface area contributed by atoms with Crippen LogP contribution < -0.4 is 0 Å². The van der Waals surface area contributed by atoms with E-state index in [2.05, 4.69) is 0 Å². The predicted octanol–water partition coefficient (Wildman–Crippen LogP) is 2.64. The molecule has 6 heteroatoms. The zero-order valence-corrected chi connectivity index (χ0v) is 15.8. The van der Waals surface area contributed by atoms with Crippen molar-refractivity contribution in [1.82, 2.24) is 0 Å². The van der Waals surface area contributed by atoms with E-state index < -0.39 is 0 Å². The van der Waals surface area contributed by atoms with Crippen LogP contribution >= 0.6 is 0 Å². The summed E-state index contributed by atoms with van der Waals surface area (Å²) in [7, 11) is 0. The lowest BCUT2D eigenvalue weighted by Crippen LogP contribution is -2.22. The minimum absolute atomic E-state index is 0.116. The van der Waals surface area contributed by atoms with E-state index >= 15 is 0 Å². The molecule has 0 aromatic rings. The standard InChI is InChI=1S/C17H36O6/c1-16(2,3)22-13-11-18-7-9-20-15-21-10-8-19-12-14-23-17(4,5)6/h7-15H2,1-6H3. The van der Waals surface area contributed by atoms with Crippen molar-refractivity contribution in [1.29, 1.82) is 0 Å². The molecular formula is C17H36O6. The Kier molecular flexibility index (Phi) is 13.0. The number of hydrogen-bond donors (Lipinski definition) is 0. The van der Waals surface area contributed by atoms with E-state index in [1.807, 2.05) is 41.5 Å². The molecule has 0 unspecified atom stereocenters. The van der Waals surface area contributed by atoms with Crippen molar-refractivity contribution >= 4 is 0 Å². The number of hydrogen-bond acceptors (Lipinski definition) is 6. The predicted molar refractivity (Wildman–Crippen MR) is 89.8 cm³/mol. The first kappa shape index (κ1) is 22.8. The van der Waals surface area contributed by atoms with E-state index in [-0.39, 0.29) is 18.0 Å². The van der Waals surface area contributed by atoms with Crippen molar-refractivity contribution in [3.63, 3.8) is 0 Å². The first-order valence-corrected chi connectivity index (χ1v) is 8.29. The molecule has 0 spiro atoms. The molecule has 23 heavy (non-hydrogen) atoms. The quantitative estimate of drug-likeness (QED) is 0.359. The van der Waals surface area contributed by atoms with Crippen LogP contribution in [-0.4, -0.2) is 70.9 Å². The molecule has 0 bridgehead atoms. The highest BCUT2D eigenvalue weighted by molar-refractivity contribution is 4.58. The van der Waals surface area contributed by atoms with Crippen LogP contribution in [0.1, 0.15) is 41.5 Å². The fourth-order valence-corrected chi connectivity index (χ4v) is 1.43. The van der Waals surface area contributed by atoms with Gasteiger partial charge in [-0.1, -0.05) is 0 Å². The summed E-state index contributed by atoms with van der Waals surface area (Å²) >= 11 is 0. The Morgan fingerprint density at radius 3 is 1.09 bits per heavy atom. The maximum absolute atomic E-state index is 5.53. The summed E-state index contributed by atoms with van der Waals surface area (Å²) in [6.07, 6.45) is 0. The van der Waals surface area contributed by atoms with E-state index in [0.717, 1.165) is 0 Å². The molecule has 0 saturated heterocycles. The minimum Gasteiger partial charge on any atom is -0.377 e. The van der Waals surface area contributed by atoms with E-state index in [4.69, 9.17) is 28.4 Å².